The predicted octanol–water partition coefficient (Wildman–Crippen LogP) is 1.30. The van der Waals surface area contributed by atoms with Crippen LogP contribution in [0.25, 0.3) is 0 Å². The van der Waals surface area contributed by atoms with Crippen LogP contribution in [0.4, 0.5) is 0 Å². The highest BCUT2D eigenvalue weighted by molar-refractivity contribution is 5.79. The summed E-state index contributed by atoms with van der Waals surface area (Å²) in [6.07, 6.45) is 2.84. The van der Waals surface area contributed by atoms with Crippen LogP contribution in [-0.2, 0) is 11.3 Å². The van der Waals surface area contributed by atoms with Crippen molar-refractivity contribution < 1.29 is 9.15 Å². The van der Waals surface area contributed by atoms with Crippen LogP contribution < -0.4 is 10.6 Å². The number of hydrogen-bond acceptors (Lipinski definition) is 4. The third-order valence-corrected chi connectivity index (χ3v) is 3.03. The SMILES string of the molecule is CCOC(CCN(C)C)CNC(=NC)NCc1ccco1. The molecule has 1 rings (SSSR count). The van der Waals surface area contributed by atoms with E-state index < -0.39 is 0 Å². The molecule has 0 aromatic carbocycles. The molecule has 21 heavy (non-hydrogen) atoms. The molecule has 6 nitrogen and oxygen atoms in total. The van der Waals surface area contributed by atoms with Gasteiger partial charge in [0.15, 0.2) is 5.96 Å². The molecular weight excluding hydrogens is 268 g/mol. The van der Waals surface area contributed by atoms with Crippen molar-refractivity contribution in [1.82, 2.24) is 15.5 Å². The lowest BCUT2D eigenvalue weighted by Gasteiger charge is -2.21. The second-order valence-corrected chi connectivity index (χ2v) is 5.06. The smallest absolute Gasteiger partial charge is 0.191 e. The average molecular weight is 296 g/mol. The molecule has 0 aliphatic rings. The van der Waals surface area contributed by atoms with E-state index in [9.17, 15) is 0 Å². The minimum Gasteiger partial charge on any atom is -0.467 e. The molecule has 1 aromatic heterocycles. The van der Waals surface area contributed by atoms with E-state index in [1.54, 1.807) is 13.3 Å². The summed E-state index contributed by atoms with van der Waals surface area (Å²) in [6.45, 7) is 5.10. The summed E-state index contributed by atoms with van der Waals surface area (Å²) < 4.78 is 11.0. The lowest BCUT2D eigenvalue weighted by atomic mass is 10.2. The molecule has 0 saturated carbocycles. The quantitative estimate of drug-likeness (QED) is 0.531. The topological polar surface area (TPSA) is 62.0 Å². The Hall–Kier alpha value is -1.53. The van der Waals surface area contributed by atoms with E-state index in [4.69, 9.17) is 9.15 Å². The average Bonchev–Trinajstić information content (AvgIpc) is 2.97. The van der Waals surface area contributed by atoms with E-state index in [2.05, 4.69) is 34.6 Å². The van der Waals surface area contributed by atoms with Crippen LogP contribution in [0.1, 0.15) is 19.1 Å². The summed E-state index contributed by atoms with van der Waals surface area (Å²) >= 11 is 0. The minimum absolute atomic E-state index is 0.180. The summed E-state index contributed by atoms with van der Waals surface area (Å²) in [5, 5.41) is 6.51. The summed E-state index contributed by atoms with van der Waals surface area (Å²) in [5.74, 6) is 1.63. The molecule has 0 fully saturated rings. The first kappa shape index (κ1) is 17.5. The van der Waals surface area contributed by atoms with Crippen molar-refractivity contribution >= 4 is 5.96 Å². The van der Waals surface area contributed by atoms with Crippen molar-refractivity contribution in [3.05, 3.63) is 24.2 Å². The van der Waals surface area contributed by atoms with Gasteiger partial charge in [-0.15, -0.1) is 0 Å². The Bertz CT molecular complexity index is 390. The fourth-order valence-corrected chi connectivity index (χ4v) is 1.90. The van der Waals surface area contributed by atoms with Crippen LogP contribution in [0.15, 0.2) is 27.8 Å². The van der Waals surface area contributed by atoms with E-state index in [-0.39, 0.29) is 6.10 Å². The maximum Gasteiger partial charge on any atom is 0.191 e. The van der Waals surface area contributed by atoms with Crippen molar-refractivity contribution in [3.63, 3.8) is 0 Å². The Labute approximate surface area is 127 Å². The van der Waals surface area contributed by atoms with Gasteiger partial charge in [0.1, 0.15) is 5.76 Å². The van der Waals surface area contributed by atoms with E-state index in [0.717, 1.165) is 37.8 Å². The highest BCUT2D eigenvalue weighted by Gasteiger charge is 2.10. The number of nitrogens with one attached hydrogen (secondary N) is 2. The van der Waals surface area contributed by atoms with Gasteiger partial charge in [0, 0.05) is 26.7 Å². The first-order valence-corrected chi connectivity index (χ1v) is 7.39. The lowest BCUT2D eigenvalue weighted by Crippen LogP contribution is -2.42. The Morgan fingerprint density at radius 3 is 2.81 bits per heavy atom. The number of ether oxygens (including phenoxy) is 1. The van der Waals surface area contributed by atoms with E-state index in [1.165, 1.54) is 0 Å². The molecule has 0 radical (unpaired) electrons. The van der Waals surface area contributed by atoms with Crippen LogP contribution in [0.5, 0.6) is 0 Å². The van der Waals surface area contributed by atoms with Gasteiger partial charge >= 0.3 is 0 Å². The number of aliphatic imine (C=N–C) groups is 1. The fourth-order valence-electron chi connectivity index (χ4n) is 1.90. The number of nitrogens with zero attached hydrogens (tertiary/aromatic N) is 2. The molecule has 0 aliphatic heterocycles. The lowest BCUT2D eigenvalue weighted by molar-refractivity contribution is 0.0548. The number of furan rings is 1. The monoisotopic (exact) mass is 296 g/mol. The first-order chi connectivity index (χ1) is 10.2. The molecule has 1 aromatic rings. The van der Waals surface area contributed by atoms with Gasteiger partial charge in [0.25, 0.3) is 0 Å². The maximum absolute atomic E-state index is 5.75. The largest absolute Gasteiger partial charge is 0.467 e. The minimum atomic E-state index is 0.180. The van der Waals surface area contributed by atoms with Gasteiger partial charge in [-0.1, -0.05) is 0 Å². The number of rotatable bonds is 9. The van der Waals surface area contributed by atoms with Gasteiger partial charge in [-0.3, -0.25) is 4.99 Å². The molecule has 6 heteroatoms. The number of guanidine groups is 1. The van der Waals surface area contributed by atoms with E-state index in [1.807, 2.05) is 19.1 Å². The van der Waals surface area contributed by atoms with Crippen LogP contribution in [-0.4, -0.2) is 57.8 Å². The Morgan fingerprint density at radius 2 is 2.24 bits per heavy atom. The second kappa shape index (κ2) is 10.2. The van der Waals surface area contributed by atoms with Crippen LogP contribution in [0, 0.1) is 0 Å². The van der Waals surface area contributed by atoms with E-state index >= 15 is 0 Å². The zero-order chi connectivity index (χ0) is 15.5. The zero-order valence-electron chi connectivity index (χ0n) is 13.6. The molecule has 0 aliphatic carbocycles. The van der Waals surface area contributed by atoms with Crippen molar-refractivity contribution in [2.75, 3.05) is 40.8 Å². The Morgan fingerprint density at radius 1 is 1.43 bits per heavy atom. The highest BCUT2D eigenvalue weighted by Crippen LogP contribution is 2.00. The molecule has 120 valence electrons. The maximum atomic E-state index is 5.75. The third-order valence-electron chi connectivity index (χ3n) is 3.03. The molecular formula is C15H28N4O2. The van der Waals surface area contributed by atoms with Crippen molar-refractivity contribution in [2.45, 2.75) is 26.0 Å². The summed E-state index contributed by atoms with van der Waals surface area (Å²) in [7, 11) is 5.90. The summed E-state index contributed by atoms with van der Waals surface area (Å²) in [6, 6.07) is 3.81. The van der Waals surface area contributed by atoms with Crippen molar-refractivity contribution in [1.29, 1.82) is 0 Å². The molecule has 0 amide bonds. The van der Waals surface area contributed by atoms with Gasteiger partial charge in [-0.2, -0.15) is 0 Å². The van der Waals surface area contributed by atoms with Crippen molar-refractivity contribution in [3.8, 4) is 0 Å². The van der Waals surface area contributed by atoms with Gasteiger partial charge in [-0.05, 0) is 39.6 Å². The van der Waals surface area contributed by atoms with Crippen LogP contribution >= 0.6 is 0 Å². The van der Waals surface area contributed by atoms with Gasteiger partial charge in [0.2, 0.25) is 0 Å². The van der Waals surface area contributed by atoms with E-state index in [0.29, 0.717) is 6.54 Å². The Kier molecular flexibility index (Phi) is 8.54. The Balaban J connectivity index is 2.33. The van der Waals surface area contributed by atoms with Crippen molar-refractivity contribution in [2.24, 2.45) is 4.99 Å². The standard InChI is InChI=1S/C15H28N4O2/c1-5-20-14(8-9-19(3)4)12-18-15(16-2)17-11-13-7-6-10-21-13/h6-7,10,14H,5,8-9,11-12H2,1-4H3,(H2,16,17,18). The van der Waals surface area contributed by atoms with Gasteiger partial charge < -0.3 is 24.7 Å². The summed E-state index contributed by atoms with van der Waals surface area (Å²) in [5.41, 5.74) is 0. The first-order valence-electron chi connectivity index (χ1n) is 7.39. The molecule has 2 N–H and O–H groups in total. The van der Waals surface area contributed by atoms with Gasteiger partial charge in [0.05, 0.1) is 18.9 Å². The highest BCUT2D eigenvalue weighted by atomic mass is 16.5. The second-order valence-electron chi connectivity index (χ2n) is 5.06. The molecule has 1 atom stereocenters. The molecule has 0 spiro atoms. The summed E-state index contributed by atoms with van der Waals surface area (Å²) in [4.78, 5) is 6.36. The van der Waals surface area contributed by atoms with Gasteiger partial charge in [-0.25, -0.2) is 0 Å². The molecule has 0 saturated heterocycles. The molecule has 1 unspecified atom stereocenters. The molecule has 0 bridgehead atoms. The number of hydrogen-bond donors (Lipinski definition) is 2. The zero-order valence-corrected chi connectivity index (χ0v) is 13.6. The predicted molar refractivity (Wildman–Crippen MR) is 85.5 cm³/mol. The normalized spacial score (nSPS) is 13.5. The van der Waals surface area contributed by atoms with Crippen LogP contribution in [0.3, 0.4) is 0 Å². The fraction of sp³-hybridized carbons (Fsp3) is 0.667. The molecule has 1 heterocycles. The van der Waals surface area contributed by atoms with Crippen LogP contribution in [0.2, 0.25) is 0 Å². The third kappa shape index (κ3) is 7.72.